The highest BCUT2D eigenvalue weighted by atomic mass is 127. The third kappa shape index (κ3) is 5.45. The van der Waals surface area contributed by atoms with Crippen molar-refractivity contribution in [3.63, 3.8) is 0 Å². The number of ether oxygens (including phenoxy) is 4. The average molecular weight is 420 g/mol. The molecule has 120 valence electrons. The van der Waals surface area contributed by atoms with Crippen LogP contribution < -0.4 is 9.47 Å². The lowest BCUT2D eigenvalue weighted by Crippen LogP contribution is -2.35. The van der Waals surface area contributed by atoms with E-state index in [-0.39, 0.29) is 12.1 Å². The Balaban J connectivity index is 2.01. The summed E-state index contributed by atoms with van der Waals surface area (Å²) in [6.07, 6.45) is 0.423. The van der Waals surface area contributed by atoms with Gasteiger partial charge in [0.05, 0.1) is 6.61 Å². The summed E-state index contributed by atoms with van der Waals surface area (Å²) in [6.45, 7) is 3.19. The van der Waals surface area contributed by atoms with Crippen LogP contribution in [-0.2, 0) is 19.1 Å². The molecule has 1 aromatic rings. The van der Waals surface area contributed by atoms with Gasteiger partial charge in [-0.2, -0.15) is 0 Å². The molecule has 2 atom stereocenters. The molecule has 7 heteroatoms. The maximum absolute atomic E-state index is 11.0. The lowest BCUT2D eigenvalue weighted by molar-refractivity contribution is -0.168. The molecular formula is C15H17IO6. The highest BCUT2D eigenvalue weighted by Gasteiger charge is 2.26. The van der Waals surface area contributed by atoms with Crippen molar-refractivity contribution in [1.82, 2.24) is 0 Å². The SMILES string of the molecule is CC(=O)Oc1cc(I)cc(OC2C[C@@H](OC(C)=O)CCO2)c1. The van der Waals surface area contributed by atoms with Crippen molar-refractivity contribution in [2.45, 2.75) is 39.1 Å². The molecule has 6 nitrogen and oxygen atoms in total. The molecule has 0 aromatic heterocycles. The Hall–Kier alpha value is -1.35. The molecule has 0 bridgehead atoms. The van der Waals surface area contributed by atoms with E-state index in [4.69, 9.17) is 18.9 Å². The highest BCUT2D eigenvalue weighted by molar-refractivity contribution is 14.1. The molecule has 2 rings (SSSR count). The van der Waals surface area contributed by atoms with E-state index in [9.17, 15) is 9.59 Å². The Bertz CT molecular complexity index is 559. The molecule has 1 unspecified atom stereocenters. The topological polar surface area (TPSA) is 71.1 Å². The first kappa shape index (κ1) is 17.0. The van der Waals surface area contributed by atoms with Crippen LogP contribution in [0.15, 0.2) is 18.2 Å². The molecule has 0 aliphatic carbocycles. The van der Waals surface area contributed by atoms with Crippen molar-refractivity contribution in [3.8, 4) is 11.5 Å². The monoisotopic (exact) mass is 420 g/mol. The molecular weight excluding hydrogens is 403 g/mol. The lowest BCUT2D eigenvalue weighted by atomic mass is 10.1. The largest absolute Gasteiger partial charge is 0.465 e. The van der Waals surface area contributed by atoms with Gasteiger partial charge in [0, 0.05) is 36.3 Å². The summed E-state index contributed by atoms with van der Waals surface area (Å²) in [5.74, 6) is 0.257. The van der Waals surface area contributed by atoms with Gasteiger partial charge in [0.25, 0.3) is 0 Å². The summed E-state index contributed by atoms with van der Waals surface area (Å²) in [5, 5.41) is 0. The Kier molecular flexibility index (Phi) is 6.01. The van der Waals surface area contributed by atoms with Gasteiger partial charge in [-0.15, -0.1) is 0 Å². The minimum Gasteiger partial charge on any atom is -0.465 e. The zero-order valence-electron chi connectivity index (χ0n) is 12.3. The molecule has 1 heterocycles. The molecule has 0 radical (unpaired) electrons. The fourth-order valence-electron chi connectivity index (χ4n) is 2.14. The summed E-state index contributed by atoms with van der Waals surface area (Å²) in [4.78, 5) is 22.0. The van der Waals surface area contributed by atoms with Crippen LogP contribution >= 0.6 is 22.6 Å². The van der Waals surface area contributed by atoms with Crippen molar-refractivity contribution < 1.29 is 28.5 Å². The molecule has 1 fully saturated rings. The number of rotatable bonds is 4. The molecule has 0 amide bonds. The molecule has 0 spiro atoms. The second-order valence-electron chi connectivity index (χ2n) is 4.89. The number of hydrogen-bond acceptors (Lipinski definition) is 6. The van der Waals surface area contributed by atoms with Crippen molar-refractivity contribution >= 4 is 34.5 Å². The average Bonchev–Trinajstić information content (AvgIpc) is 2.36. The van der Waals surface area contributed by atoms with E-state index in [1.54, 1.807) is 12.1 Å². The van der Waals surface area contributed by atoms with Crippen molar-refractivity contribution in [3.05, 3.63) is 21.8 Å². The van der Waals surface area contributed by atoms with E-state index in [1.165, 1.54) is 13.8 Å². The zero-order chi connectivity index (χ0) is 16.1. The van der Waals surface area contributed by atoms with E-state index in [2.05, 4.69) is 22.6 Å². The summed E-state index contributed by atoms with van der Waals surface area (Å²) in [5.41, 5.74) is 0. The smallest absolute Gasteiger partial charge is 0.308 e. The van der Waals surface area contributed by atoms with Gasteiger partial charge in [-0.25, -0.2) is 0 Å². The van der Waals surface area contributed by atoms with Gasteiger partial charge in [0.2, 0.25) is 6.29 Å². The number of hydrogen-bond donors (Lipinski definition) is 0. The van der Waals surface area contributed by atoms with E-state index < -0.39 is 12.3 Å². The van der Waals surface area contributed by atoms with E-state index in [1.807, 2.05) is 6.07 Å². The highest BCUT2D eigenvalue weighted by Crippen LogP contribution is 2.27. The number of benzene rings is 1. The van der Waals surface area contributed by atoms with Gasteiger partial charge in [0.1, 0.15) is 17.6 Å². The fourth-order valence-corrected chi connectivity index (χ4v) is 2.75. The number of halogens is 1. The van der Waals surface area contributed by atoms with Gasteiger partial charge < -0.3 is 18.9 Å². The van der Waals surface area contributed by atoms with Gasteiger partial charge in [-0.1, -0.05) is 0 Å². The quantitative estimate of drug-likeness (QED) is 0.424. The lowest BCUT2D eigenvalue weighted by Gasteiger charge is -2.29. The van der Waals surface area contributed by atoms with Crippen molar-refractivity contribution in [2.75, 3.05) is 6.61 Å². The molecule has 1 aliphatic rings. The Morgan fingerprint density at radius 2 is 1.91 bits per heavy atom. The maximum Gasteiger partial charge on any atom is 0.308 e. The normalized spacial score (nSPS) is 21.0. The predicted molar refractivity (Wildman–Crippen MR) is 85.6 cm³/mol. The Morgan fingerprint density at radius 3 is 2.59 bits per heavy atom. The minimum atomic E-state index is -0.499. The maximum atomic E-state index is 11.0. The van der Waals surface area contributed by atoms with Crippen LogP contribution in [0.1, 0.15) is 26.7 Å². The van der Waals surface area contributed by atoms with Crippen LogP contribution in [0.25, 0.3) is 0 Å². The zero-order valence-corrected chi connectivity index (χ0v) is 14.5. The van der Waals surface area contributed by atoms with Crippen molar-refractivity contribution in [2.24, 2.45) is 0 Å². The first-order chi connectivity index (χ1) is 10.4. The molecule has 0 saturated carbocycles. The molecule has 22 heavy (non-hydrogen) atoms. The second-order valence-corrected chi connectivity index (χ2v) is 6.14. The predicted octanol–water partition coefficient (Wildman–Crippen LogP) is 2.66. The third-order valence-electron chi connectivity index (χ3n) is 2.91. The number of esters is 2. The Labute approximate surface area is 142 Å². The van der Waals surface area contributed by atoms with Crippen LogP contribution in [0.5, 0.6) is 11.5 Å². The summed E-state index contributed by atoms with van der Waals surface area (Å²) < 4.78 is 22.4. The molecule has 0 N–H and O–H groups in total. The number of carbonyl (C=O) groups is 2. The molecule has 1 saturated heterocycles. The minimum absolute atomic E-state index is 0.202. The van der Waals surface area contributed by atoms with Crippen LogP contribution in [0.2, 0.25) is 0 Å². The van der Waals surface area contributed by atoms with Crippen LogP contribution in [0, 0.1) is 3.57 Å². The Morgan fingerprint density at radius 1 is 1.18 bits per heavy atom. The van der Waals surface area contributed by atoms with Crippen LogP contribution in [0.3, 0.4) is 0 Å². The third-order valence-corrected chi connectivity index (χ3v) is 3.53. The summed E-state index contributed by atoms with van der Waals surface area (Å²) in [7, 11) is 0. The van der Waals surface area contributed by atoms with E-state index >= 15 is 0 Å². The second kappa shape index (κ2) is 7.77. The number of carbonyl (C=O) groups excluding carboxylic acids is 2. The first-order valence-corrected chi connectivity index (χ1v) is 7.95. The molecule has 1 aromatic carbocycles. The molecule has 1 aliphatic heterocycles. The summed E-state index contributed by atoms with van der Waals surface area (Å²) >= 11 is 2.11. The van der Waals surface area contributed by atoms with Gasteiger partial charge in [-0.3, -0.25) is 9.59 Å². The van der Waals surface area contributed by atoms with Crippen LogP contribution in [0.4, 0.5) is 0 Å². The fraction of sp³-hybridized carbons (Fsp3) is 0.467. The van der Waals surface area contributed by atoms with Crippen LogP contribution in [-0.4, -0.2) is 30.9 Å². The first-order valence-electron chi connectivity index (χ1n) is 6.87. The van der Waals surface area contributed by atoms with E-state index in [0.29, 0.717) is 30.9 Å². The summed E-state index contributed by atoms with van der Waals surface area (Å²) in [6, 6.07) is 5.17. The standard InChI is InChI=1S/C15H17IO6/c1-9(17)20-12-3-4-19-15(8-12)22-14-6-11(16)5-13(7-14)21-10(2)18/h5-7,12,15H,3-4,8H2,1-2H3/t12-,15?/m0/s1. The van der Waals surface area contributed by atoms with Gasteiger partial charge in [0.15, 0.2) is 0 Å². The van der Waals surface area contributed by atoms with E-state index in [0.717, 1.165) is 3.57 Å². The van der Waals surface area contributed by atoms with Gasteiger partial charge >= 0.3 is 11.9 Å². The van der Waals surface area contributed by atoms with Crippen molar-refractivity contribution in [1.29, 1.82) is 0 Å². The van der Waals surface area contributed by atoms with Gasteiger partial charge in [-0.05, 0) is 34.7 Å².